The highest BCUT2D eigenvalue weighted by molar-refractivity contribution is 6.04. The first-order valence-electron chi connectivity index (χ1n) is 12.1. The first kappa shape index (κ1) is 22.8. The van der Waals surface area contributed by atoms with Crippen LogP contribution in [0.15, 0.2) is 42.5 Å². The number of rotatable bonds is 7. The van der Waals surface area contributed by atoms with E-state index in [1.165, 1.54) is 4.90 Å². The molecule has 3 heterocycles. The fourth-order valence-corrected chi connectivity index (χ4v) is 6.10. The third-order valence-corrected chi connectivity index (χ3v) is 7.59. The number of amides is 3. The minimum Gasteiger partial charge on any atom is -0.394 e. The van der Waals surface area contributed by atoms with E-state index >= 15 is 0 Å². The highest BCUT2D eigenvalue weighted by Gasteiger charge is 2.74. The van der Waals surface area contributed by atoms with Crippen LogP contribution in [0.4, 0.5) is 5.69 Å². The molecule has 8 nitrogen and oxygen atoms in total. The topological polar surface area (TPSA) is 108 Å². The van der Waals surface area contributed by atoms with Crippen LogP contribution in [0.3, 0.4) is 0 Å². The molecule has 3 aliphatic heterocycles. The second kappa shape index (κ2) is 8.67. The third kappa shape index (κ3) is 3.39. The quantitative estimate of drug-likeness (QED) is 0.580. The van der Waals surface area contributed by atoms with Crippen molar-refractivity contribution in [2.45, 2.75) is 56.9 Å². The summed E-state index contributed by atoms with van der Waals surface area (Å²) in [6, 6.07) is 12.0. The fourth-order valence-electron chi connectivity index (χ4n) is 6.10. The number of hydrogen-bond acceptors (Lipinski definition) is 5. The van der Waals surface area contributed by atoms with Crippen molar-refractivity contribution in [3.63, 3.8) is 0 Å². The summed E-state index contributed by atoms with van der Waals surface area (Å²) in [5.74, 6) is -2.20. The van der Waals surface area contributed by atoms with Gasteiger partial charge in [-0.05, 0) is 49.1 Å². The summed E-state index contributed by atoms with van der Waals surface area (Å²) in [4.78, 5) is 41.9. The standard InChI is InChI=1S/C26H31N3O5/c1-3-12-27-23(31)20-19-10-11-26(34-19)21(20)25(33)29(15(2)14-30)22(26)24(32)28-18-9-8-16-6-4-5-7-17(16)13-18/h4-9,13,15,19-22,30H,3,10-12,14H2,1-2H3,(H,27,31)(H,28,32)/t15-,19+,20-,21+,22?,26?/m1/s1. The number of fused-ring (bicyclic) bond motifs is 2. The average Bonchev–Trinajstić information content (AvgIpc) is 3.49. The molecule has 6 atom stereocenters. The molecule has 1 spiro atoms. The number of ether oxygens (including phenoxy) is 1. The van der Waals surface area contributed by atoms with Crippen molar-refractivity contribution >= 4 is 34.2 Å². The Morgan fingerprint density at radius 3 is 2.71 bits per heavy atom. The number of nitrogens with zero attached hydrogens (tertiary/aromatic N) is 1. The maximum atomic E-state index is 13.7. The van der Waals surface area contributed by atoms with Crippen LogP contribution < -0.4 is 10.6 Å². The monoisotopic (exact) mass is 465 g/mol. The lowest BCUT2D eigenvalue weighted by molar-refractivity contribution is -0.143. The molecule has 3 saturated heterocycles. The zero-order chi connectivity index (χ0) is 24.0. The lowest BCUT2D eigenvalue weighted by Gasteiger charge is -2.35. The Bertz CT molecular complexity index is 1140. The van der Waals surface area contributed by atoms with Gasteiger partial charge in [-0.15, -0.1) is 0 Å². The normalized spacial score (nSPS) is 30.4. The number of nitrogens with one attached hydrogen (secondary N) is 2. The second-order valence-corrected chi connectivity index (χ2v) is 9.68. The molecule has 0 aliphatic carbocycles. The summed E-state index contributed by atoms with van der Waals surface area (Å²) in [6.45, 7) is 3.92. The van der Waals surface area contributed by atoms with E-state index in [2.05, 4.69) is 10.6 Å². The van der Waals surface area contributed by atoms with Gasteiger partial charge >= 0.3 is 0 Å². The van der Waals surface area contributed by atoms with E-state index in [1.807, 2.05) is 49.4 Å². The number of anilines is 1. The largest absolute Gasteiger partial charge is 0.394 e. The number of carbonyl (C=O) groups is 3. The molecule has 180 valence electrons. The minimum absolute atomic E-state index is 0.195. The van der Waals surface area contributed by atoms with E-state index < -0.39 is 29.5 Å². The van der Waals surface area contributed by atoms with Crippen molar-refractivity contribution in [1.82, 2.24) is 10.2 Å². The Morgan fingerprint density at radius 1 is 1.21 bits per heavy atom. The number of hydrogen-bond donors (Lipinski definition) is 3. The number of aliphatic hydroxyl groups excluding tert-OH is 1. The molecule has 0 aromatic heterocycles. The van der Waals surface area contributed by atoms with E-state index in [0.717, 1.165) is 17.2 Å². The molecule has 3 aliphatic rings. The third-order valence-electron chi connectivity index (χ3n) is 7.59. The summed E-state index contributed by atoms with van der Waals surface area (Å²) in [7, 11) is 0. The summed E-state index contributed by atoms with van der Waals surface area (Å²) < 4.78 is 6.37. The SMILES string of the molecule is CCCNC(=O)[C@@H]1[C@@H]2CCC3(O2)C(C(=O)Nc2ccc4ccccc4c2)N([C@H](C)CO)C(=O)[C@H]13. The summed E-state index contributed by atoms with van der Waals surface area (Å²) in [5.41, 5.74) is -0.447. The Labute approximate surface area is 198 Å². The zero-order valence-corrected chi connectivity index (χ0v) is 19.5. The molecule has 0 radical (unpaired) electrons. The van der Waals surface area contributed by atoms with Gasteiger partial charge in [-0.25, -0.2) is 0 Å². The smallest absolute Gasteiger partial charge is 0.250 e. The van der Waals surface area contributed by atoms with Gasteiger partial charge in [-0.2, -0.15) is 0 Å². The van der Waals surface area contributed by atoms with Gasteiger partial charge in [-0.1, -0.05) is 37.3 Å². The van der Waals surface area contributed by atoms with Crippen molar-refractivity contribution in [1.29, 1.82) is 0 Å². The van der Waals surface area contributed by atoms with Gasteiger partial charge in [0.25, 0.3) is 0 Å². The van der Waals surface area contributed by atoms with Crippen LogP contribution in [-0.4, -0.2) is 64.7 Å². The van der Waals surface area contributed by atoms with Gasteiger partial charge in [0.05, 0.1) is 30.6 Å². The van der Waals surface area contributed by atoms with Gasteiger partial charge in [-0.3, -0.25) is 14.4 Å². The fraction of sp³-hybridized carbons (Fsp3) is 0.500. The highest BCUT2D eigenvalue weighted by Crippen LogP contribution is 2.58. The molecule has 2 aromatic carbocycles. The van der Waals surface area contributed by atoms with Gasteiger partial charge in [0.2, 0.25) is 17.7 Å². The molecule has 34 heavy (non-hydrogen) atoms. The Hall–Kier alpha value is -2.97. The van der Waals surface area contributed by atoms with Crippen LogP contribution in [0.1, 0.15) is 33.1 Å². The molecule has 2 unspecified atom stereocenters. The van der Waals surface area contributed by atoms with Crippen LogP contribution in [0.2, 0.25) is 0 Å². The predicted octanol–water partition coefficient (Wildman–Crippen LogP) is 2.06. The number of likely N-dealkylation sites (tertiary alicyclic amines) is 1. The van der Waals surface area contributed by atoms with Crippen molar-refractivity contribution in [2.75, 3.05) is 18.5 Å². The Balaban J connectivity index is 1.48. The van der Waals surface area contributed by atoms with Gasteiger partial charge in [0.15, 0.2) is 0 Å². The molecule has 2 bridgehead atoms. The van der Waals surface area contributed by atoms with Crippen LogP contribution in [0, 0.1) is 11.8 Å². The average molecular weight is 466 g/mol. The van der Waals surface area contributed by atoms with Crippen LogP contribution >= 0.6 is 0 Å². The van der Waals surface area contributed by atoms with Crippen molar-refractivity contribution < 1.29 is 24.2 Å². The minimum atomic E-state index is -1.07. The maximum absolute atomic E-state index is 13.7. The molecule has 3 amide bonds. The molecule has 8 heteroatoms. The summed E-state index contributed by atoms with van der Waals surface area (Å²) in [5, 5.41) is 17.8. The van der Waals surface area contributed by atoms with Gasteiger partial charge in [0, 0.05) is 12.2 Å². The maximum Gasteiger partial charge on any atom is 0.250 e. The lowest BCUT2D eigenvalue weighted by Crippen LogP contribution is -2.55. The van der Waals surface area contributed by atoms with E-state index in [0.29, 0.717) is 25.1 Å². The molecule has 0 saturated carbocycles. The summed E-state index contributed by atoms with van der Waals surface area (Å²) >= 11 is 0. The molecular formula is C26H31N3O5. The first-order valence-corrected chi connectivity index (χ1v) is 12.1. The van der Waals surface area contributed by atoms with Crippen LogP contribution in [-0.2, 0) is 19.1 Å². The Kier molecular flexibility index (Phi) is 5.81. The first-order chi connectivity index (χ1) is 16.4. The molecule has 5 rings (SSSR count). The number of benzene rings is 2. The van der Waals surface area contributed by atoms with Crippen LogP contribution in [0.25, 0.3) is 10.8 Å². The van der Waals surface area contributed by atoms with Gasteiger partial charge < -0.3 is 25.4 Å². The number of aliphatic hydroxyl groups is 1. The predicted molar refractivity (Wildman–Crippen MR) is 127 cm³/mol. The molecule has 3 N–H and O–H groups in total. The van der Waals surface area contributed by atoms with Crippen molar-refractivity contribution in [2.24, 2.45) is 11.8 Å². The molecular weight excluding hydrogens is 434 g/mol. The van der Waals surface area contributed by atoms with E-state index in [9.17, 15) is 19.5 Å². The van der Waals surface area contributed by atoms with Gasteiger partial charge in [0.1, 0.15) is 11.6 Å². The molecule has 2 aromatic rings. The molecule has 3 fully saturated rings. The summed E-state index contributed by atoms with van der Waals surface area (Å²) in [6.07, 6.45) is 1.55. The van der Waals surface area contributed by atoms with E-state index in [1.54, 1.807) is 6.92 Å². The van der Waals surface area contributed by atoms with Crippen molar-refractivity contribution in [3.8, 4) is 0 Å². The zero-order valence-electron chi connectivity index (χ0n) is 19.5. The lowest BCUT2D eigenvalue weighted by atomic mass is 9.70. The van der Waals surface area contributed by atoms with E-state index in [4.69, 9.17) is 4.74 Å². The Morgan fingerprint density at radius 2 is 1.97 bits per heavy atom. The van der Waals surface area contributed by atoms with E-state index in [-0.39, 0.29) is 30.4 Å². The second-order valence-electron chi connectivity index (χ2n) is 9.68. The van der Waals surface area contributed by atoms with Crippen molar-refractivity contribution in [3.05, 3.63) is 42.5 Å². The number of carbonyl (C=O) groups excluding carboxylic acids is 3. The highest BCUT2D eigenvalue weighted by atomic mass is 16.5. The van der Waals surface area contributed by atoms with Crippen LogP contribution in [0.5, 0.6) is 0 Å².